The number of rotatable bonds is 4. The zero-order chi connectivity index (χ0) is 13.0. The number of nitrogens with two attached hydrogens (primary N) is 1. The lowest BCUT2D eigenvalue weighted by molar-refractivity contribution is -0.149. The van der Waals surface area contributed by atoms with Crippen LogP contribution in [0.15, 0.2) is 18.2 Å². The third kappa shape index (κ3) is 3.08. The van der Waals surface area contributed by atoms with E-state index in [4.69, 9.17) is 17.3 Å². The van der Waals surface area contributed by atoms with Gasteiger partial charge in [0.2, 0.25) is 6.17 Å². The summed E-state index contributed by atoms with van der Waals surface area (Å²) in [4.78, 5) is 11.2. The maximum atomic E-state index is 13.6. The van der Waals surface area contributed by atoms with Crippen molar-refractivity contribution >= 4 is 17.6 Å². The van der Waals surface area contributed by atoms with E-state index in [1.165, 1.54) is 18.2 Å². The summed E-state index contributed by atoms with van der Waals surface area (Å²) >= 11 is 5.66. The fourth-order valence-electron chi connectivity index (χ4n) is 1.33. The molecule has 4 nitrogen and oxygen atoms in total. The molecule has 0 fully saturated rings. The molecule has 0 aliphatic heterocycles. The van der Waals surface area contributed by atoms with Crippen molar-refractivity contribution in [1.82, 2.24) is 0 Å². The number of carbonyl (C=O) groups is 1. The molecule has 1 aromatic rings. The lowest BCUT2D eigenvalue weighted by Gasteiger charge is -2.17. The van der Waals surface area contributed by atoms with E-state index in [9.17, 15) is 14.3 Å². The molecule has 0 heterocycles. The Kier molecular flexibility index (Phi) is 4.72. The molecule has 0 aliphatic carbocycles. The first-order valence-electron chi connectivity index (χ1n) is 5.02. The molecule has 0 aliphatic rings. The second kappa shape index (κ2) is 5.84. The molecule has 1 aromatic carbocycles. The third-order valence-electron chi connectivity index (χ3n) is 2.20. The number of aromatic hydroxyl groups is 1. The van der Waals surface area contributed by atoms with Crippen LogP contribution in [0.3, 0.4) is 0 Å². The van der Waals surface area contributed by atoms with Gasteiger partial charge in [0.25, 0.3) is 0 Å². The van der Waals surface area contributed by atoms with Gasteiger partial charge < -0.3 is 15.6 Å². The third-order valence-corrected chi connectivity index (χ3v) is 2.51. The van der Waals surface area contributed by atoms with Crippen molar-refractivity contribution in [2.24, 2.45) is 5.73 Å². The van der Waals surface area contributed by atoms with Crippen LogP contribution in [0.25, 0.3) is 0 Å². The number of phenolic OH excluding ortho intramolecular Hbond substituents is 1. The van der Waals surface area contributed by atoms with Crippen LogP contribution in [-0.4, -0.2) is 23.9 Å². The van der Waals surface area contributed by atoms with Gasteiger partial charge in [0, 0.05) is 5.56 Å². The molecule has 3 N–H and O–H groups in total. The molecule has 0 saturated heterocycles. The Bertz CT molecular complexity index is 414. The number of carbonyl (C=O) groups excluding carboxylic acids is 1. The van der Waals surface area contributed by atoms with Crippen molar-refractivity contribution in [3.63, 3.8) is 0 Å². The predicted octanol–water partition coefficient (Wildman–Crippen LogP) is 1.95. The average molecular weight is 262 g/mol. The molecule has 0 spiro atoms. The summed E-state index contributed by atoms with van der Waals surface area (Å²) in [6, 6.07) is 3.03. The highest BCUT2D eigenvalue weighted by atomic mass is 35.5. The molecule has 0 saturated carbocycles. The number of alkyl halides is 1. The van der Waals surface area contributed by atoms with Gasteiger partial charge in [-0.2, -0.15) is 0 Å². The lowest BCUT2D eigenvalue weighted by atomic mass is 10.0. The Balaban J connectivity index is 2.92. The standard InChI is InChI=1S/C11H13ClFNO3/c1-2-17-11(16)8(13)9(14)6-4-3-5-7(12)10(6)15/h3-5,8-9,15H,2,14H2,1H3/t8?,9-/m1/s1. The van der Waals surface area contributed by atoms with Gasteiger partial charge in [0.15, 0.2) is 0 Å². The largest absolute Gasteiger partial charge is 0.506 e. The molecule has 0 radical (unpaired) electrons. The number of hydrogen-bond donors (Lipinski definition) is 2. The normalized spacial score (nSPS) is 14.1. The van der Waals surface area contributed by atoms with Gasteiger partial charge in [-0.15, -0.1) is 0 Å². The maximum absolute atomic E-state index is 13.6. The minimum atomic E-state index is -2.04. The molecule has 0 bridgehead atoms. The summed E-state index contributed by atoms with van der Waals surface area (Å²) in [5.41, 5.74) is 5.61. The number of para-hydroxylation sites is 1. The van der Waals surface area contributed by atoms with Gasteiger partial charge in [-0.05, 0) is 13.0 Å². The quantitative estimate of drug-likeness (QED) is 0.813. The van der Waals surface area contributed by atoms with Crippen LogP contribution < -0.4 is 5.73 Å². The SMILES string of the molecule is CCOC(=O)C(F)[C@H](N)c1cccc(Cl)c1O. The van der Waals surface area contributed by atoms with Crippen molar-refractivity contribution in [1.29, 1.82) is 0 Å². The Morgan fingerprint density at radius 3 is 2.88 bits per heavy atom. The number of phenols is 1. The van der Waals surface area contributed by atoms with Gasteiger partial charge in [0.05, 0.1) is 17.7 Å². The zero-order valence-electron chi connectivity index (χ0n) is 9.19. The molecular weight excluding hydrogens is 249 g/mol. The summed E-state index contributed by atoms with van der Waals surface area (Å²) in [6.45, 7) is 1.63. The fraction of sp³-hybridized carbons (Fsp3) is 0.364. The topological polar surface area (TPSA) is 72.5 Å². The molecule has 1 unspecified atom stereocenters. The Labute approximate surface area is 103 Å². The monoisotopic (exact) mass is 261 g/mol. The smallest absolute Gasteiger partial charge is 0.342 e. The zero-order valence-corrected chi connectivity index (χ0v) is 9.95. The summed E-state index contributed by atoms with van der Waals surface area (Å²) in [5.74, 6) is -1.38. The highest BCUT2D eigenvalue weighted by molar-refractivity contribution is 6.32. The minimum Gasteiger partial charge on any atom is -0.506 e. The highest BCUT2D eigenvalue weighted by Crippen LogP contribution is 2.32. The molecule has 0 aromatic heterocycles. The molecule has 17 heavy (non-hydrogen) atoms. The summed E-state index contributed by atoms with van der Waals surface area (Å²) < 4.78 is 18.1. The average Bonchev–Trinajstić information content (AvgIpc) is 2.31. The maximum Gasteiger partial charge on any atom is 0.342 e. The Morgan fingerprint density at radius 1 is 1.65 bits per heavy atom. The van der Waals surface area contributed by atoms with E-state index in [1.54, 1.807) is 6.92 Å². The number of esters is 1. The summed E-state index contributed by atoms with van der Waals surface area (Å²) in [6.07, 6.45) is -2.04. The van der Waals surface area contributed by atoms with Crippen LogP contribution in [0.5, 0.6) is 5.75 Å². The fourth-order valence-corrected chi connectivity index (χ4v) is 1.51. The van der Waals surface area contributed by atoms with Crippen LogP contribution in [-0.2, 0) is 9.53 Å². The van der Waals surface area contributed by atoms with E-state index in [0.717, 1.165) is 0 Å². The molecular formula is C11H13ClFNO3. The molecule has 1 rings (SSSR count). The van der Waals surface area contributed by atoms with Crippen molar-refractivity contribution in [3.8, 4) is 5.75 Å². The second-order valence-electron chi connectivity index (χ2n) is 3.36. The van der Waals surface area contributed by atoms with Crippen molar-refractivity contribution in [2.75, 3.05) is 6.61 Å². The first kappa shape index (κ1) is 13.7. The molecule has 94 valence electrons. The summed E-state index contributed by atoms with van der Waals surface area (Å²) in [7, 11) is 0. The van der Waals surface area contributed by atoms with Gasteiger partial charge in [-0.25, -0.2) is 9.18 Å². The van der Waals surface area contributed by atoms with Crippen LogP contribution >= 0.6 is 11.6 Å². The number of benzene rings is 1. The van der Waals surface area contributed by atoms with Gasteiger partial charge >= 0.3 is 5.97 Å². The van der Waals surface area contributed by atoms with E-state index >= 15 is 0 Å². The second-order valence-corrected chi connectivity index (χ2v) is 3.76. The van der Waals surface area contributed by atoms with Crippen LogP contribution in [0.4, 0.5) is 4.39 Å². The van der Waals surface area contributed by atoms with Gasteiger partial charge in [-0.1, -0.05) is 23.7 Å². The Morgan fingerprint density at radius 2 is 2.29 bits per heavy atom. The first-order chi connectivity index (χ1) is 7.99. The molecule has 0 amide bonds. The van der Waals surface area contributed by atoms with Crippen molar-refractivity contribution in [3.05, 3.63) is 28.8 Å². The lowest BCUT2D eigenvalue weighted by Crippen LogP contribution is -2.31. The first-order valence-corrected chi connectivity index (χ1v) is 5.40. The summed E-state index contributed by atoms with van der Waals surface area (Å²) in [5, 5.41) is 9.65. The van der Waals surface area contributed by atoms with Crippen LogP contribution in [0, 0.1) is 0 Å². The molecule has 6 heteroatoms. The van der Waals surface area contributed by atoms with E-state index in [-0.39, 0.29) is 22.9 Å². The van der Waals surface area contributed by atoms with Crippen molar-refractivity contribution in [2.45, 2.75) is 19.1 Å². The van der Waals surface area contributed by atoms with E-state index < -0.39 is 18.2 Å². The highest BCUT2D eigenvalue weighted by Gasteiger charge is 2.29. The van der Waals surface area contributed by atoms with Crippen LogP contribution in [0.1, 0.15) is 18.5 Å². The minimum absolute atomic E-state index is 0.0500. The number of hydrogen-bond acceptors (Lipinski definition) is 4. The van der Waals surface area contributed by atoms with E-state index in [0.29, 0.717) is 0 Å². The van der Waals surface area contributed by atoms with Crippen molar-refractivity contribution < 1.29 is 19.0 Å². The van der Waals surface area contributed by atoms with Crippen LogP contribution in [0.2, 0.25) is 5.02 Å². The Hall–Kier alpha value is -1.33. The van der Waals surface area contributed by atoms with E-state index in [1.807, 2.05) is 0 Å². The van der Waals surface area contributed by atoms with Gasteiger partial charge in [0.1, 0.15) is 5.75 Å². The van der Waals surface area contributed by atoms with E-state index in [2.05, 4.69) is 4.74 Å². The predicted molar refractivity (Wildman–Crippen MR) is 61.6 cm³/mol. The molecule has 2 atom stereocenters. The number of halogens is 2. The number of ether oxygens (including phenoxy) is 1. The van der Waals surface area contributed by atoms with Gasteiger partial charge in [-0.3, -0.25) is 0 Å².